The Balaban J connectivity index is 4.14. The monoisotopic (exact) mass is 202 g/mol. The summed E-state index contributed by atoms with van der Waals surface area (Å²) in [6, 6.07) is 0. The molecule has 0 amide bonds. The van der Waals surface area contributed by atoms with E-state index in [0.717, 1.165) is 6.42 Å². The molecule has 3 heteroatoms. The van der Waals surface area contributed by atoms with Crippen molar-refractivity contribution < 1.29 is 14.6 Å². The molecule has 1 atom stereocenters. The summed E-state index contributed by atoms with van der Waals surface area (Å²) in [6.07, 6.45) is 1.45. The number of ether oxygens (including phenoxy) is 1. The van der Waals surface area contributed by atoms with E-state index < -0.39 is 5.97 Å². The molecule has 14 heavy (non-hydrogen) atoms. The Bertz CT molecular complexity index is 185. The zero-order valence-corrected chi connectivity index (χ0v) is 9.83. The van der Waals surface area contributed by atoms with Gasteiger partial charge in [-0.3, -0.25) is 4.79 Å². The van der Waals surface area contributed by atoms with Crippen LogP contribution in [0.4, 0.5) is 0 Å². The molecule has 0 fully saturated rings. The fourth-order valence-corrected chi connectivity index (χ4v) is 1.35. The highest BCUT2D eigenvalue weighted by molar-refractivity contribution is 5.70. The molecule has 0 bridgehead atoms. The second-order valence-corrected chi connectivity index (χ2v) is 4.69. The molecular formula is C11H22O3. The third-order valence-electron chi connectivity index (χ3n) is 2.73. The van der Waals surface area contributed by atoms with E-state index in [4.69, 9.17) is 9.84 Å². The maximum Gasteiger partial charge on any atom is 0.306 e. The summed E-state index contributed by atoms with van der Waals surface area (Å²) < 4.78 is 5.25. The molecule has 1 N–H and O–H groups in total. The summed E-state index contributed by atoms with van der Waals surface area (Å²) >= 11 is 0. The highest BCUT2D eigenvalue weighted by atomic mass is 16.5. The van der Waals surface area contributed by atoms with Crippen LogP contribution in [-0.2, 0) is 9.53 Å². The van der Waals surface area contributed by atoms with Crippen molar-refractivity contribution in [3.05, 3.63) is 0 Å². The predicted molar refractivity (Wildman–Crippen MR) is 56.3 cm³/mol. The van der Waals surface area contributed by atoms with E-state index in [1.165, 1.54) is 0 Å². The lowest BCUT2D eigenvalue weighted by molar-refractivity contribution is -0.144. The van der Waals surface area contributed by atoms with E-state index in [9.17, 15) is 4.79 Å². The minimum absolute atomic E-state index is 0.181. The summed E-state index contributed by atoms with van der Waals surface area (Å²) in [5.41, 5.74) is -0.220. The van der Waals surface area contributed by atoms with Gasteiger partial charge in [-0.2, -0.15) is 0 Å². The molecule has 0 saturated carbocycles. The summed E-state index contributed by atoms with van der Waals surface area (Å²) in [5, 5.41) is 8.97. The van der Waals surface area contributed by atoms with Crippen LogP contribution < -0.4 is 0 Å². The Morgan fingerprint density at radius 2 is 1.93 bits per heavy atom. The van der Waals surface area contributed by atoms with Crippen molar-refractivity contribution in [2.75, 3.05) is 7.11 Å². The molecule has 0 aliphatic rings. The van der Waals surface area contributed by atoms with Crippen LogP contribution >= 0.6 is 0 Å². The zero-order valence-electron chi connectivity index (χ0n) is 9.83. The minimum atomic E-state index is -0.702. The standard InChI is InChI=1S/C11H22O3/c1-8(2)9(10(12)13)6-7-11(3,4)14-5/h8-9H,6-7H2,1-5H3,(H,12,13). The maximum atomic E-state index is 10.9. The number of hydrogen-bond donors (Lipinski definition) is 1. The van der Waals surface area contributed by atoms with Crippen LogP contribution in [0.2, 0.25) is 0 Å². The van der Waals surface area contributed by atoms with Gasteiger partial charge < -0.3 is 9.84 Å². The smallest absolute Gasteiger partial charge is 0.306 e. The highest BCUT2D eigenvalue weighted by Gasteiger charge is 2.25. The molecule has 0 radical (unpaired) electrons. The number of carboxylic acid groups (broad SMARTS) is 1. The fraction of sp³-hybridized carbons (Fsp3) is 0.909. The average Bonchev–Trinajstić information content (AvgIpc) is 2.03. The molecule has 3 nitrogen and oxygen atoms in total. The van der Waals surface area contributed by atoms with E-state index in [-0.39, 0.29) is 17.4 Å². The van der Waals surface area contributed by atoms with Gasteiger partial charge in [0.1, 0.15) is 0 Å². The van der Waals surface area contributed by atoms with Gasteiger partial charge in [0.2, 0.25) is 0 Å². The third-order valence-corrected chi connectivity index (χ3v) is 2.73. The Morgan fingerprint density at radius 1 is 1.43 bits per heavy atom. The quantitative estimate of drug-likeness (QED) is 0.720. The molecular weight excluding hydrogens is 180 g/mol. The lowest BCUT2D eigenvalue weighted by Crippen LogP contribution is -2.27. The Labute approximate surface area is 86.5 Å². The van der Waals surface area contributed by atoms with Gasteiger partial charge in [-0.25, -0.2) is 0 Å². The third kappa shape index (κ3) is 4.61. The molecule has 0 aliphatic carbocycles. The van der Waals surface area contributed by atoms with Crippen LogP contribution in [-0.4, -0.2) is 23.8 Å². The van der Waals surface area contributed by atoms with Crippen LogP contribution in [0.1, 0.15) is 40.5 Å². The van der Waals surface area contributed by atoms with E-state index in [2.05, 4.69) is 0 Å². The molecule has 0 aromatic carbocycles. The molecule has 84 valence electrons. The molecule has 0 aromatic heterocycles. The molecule has 0 saturated heterocycles. The van der Waals surface area contributed by atoms with Crippen LogP contribution in [0.5, 0.6) is 0 Å². The van der Waals surface area contributed by atoms with Crippen molar-refractivity contribution in [3.63, 3.8) is 0 Å². The van der Waals surface area contributed by atoms with E-state index in [1.54, 1.807) is 7.11 Å². The van der Waals surface area contributed by atoms with Crippen molar-refractivity contribution in [3.8, 4) is 0 Å². The predicted octanol–water partition coefficient (Wildman–Crippen LogP) is 2.55. The van der Waals surface area contributed by atoms with Gasteiger partial charge in [0.05, 0.1) is 11.5 Å². The van der Waals surface area contributed by atoms with Gasteiger partial charge in [0.15, 0.2) is 0 Å². The Morgan fingerprint density at radius 3 is 2.21 bits per heavy atom. The average molecular weight is 202 g/mol. The van der Waals surface area contributed by atoms with E-state index in [0.29, 0.717) is 6.42 Å². The largest absolute Gasteiger partial charge is 0.481 e. The maximum absolute atomic E-state index is 10.9. The van der Waals surface area contributed by atoms with Gasteiger partial charge in [-0.15, -0.1) is 0 Å². The molecule has 0 heterocycles. The van der Waals surface area contributed by atoms with Gasteiger partial charge in [0.25, 0.3) is 0 Å². The topological polar surface area (TPSA) is 46.5 Å². The van der Waals surface area contributed by atoms with Gasteiger partial charge in [0, 0.05) is 7.11 Å². The second kappa shape index (κ2) is 5.35. The lowest BCUT2D eigenvalue weighted by atomic mass is 9.87. The van der Waals surface area contributed by atoms with Gasteiger partial charge in [-0.05, 0) is 32.6 Å². The number of carbonyl (C=O) groups is 1. The summed E-state index contributed by atoms with van der Waals surface area (Å²) in [5.74, 6) is -0.781. The number of rotatable bonds is 6. The SMILES string of the molecule is COC(C)(C)CCC(C(=O)O)C(C)C. The van der Waals surface area contributed by atoms with Crippen molar-refractivity contribution >= 4 is 5.97 Å². The summed E-state index contributed by atoms with van der Waals surface area (Å²) in [4.78, 5) is 10.9. The molecule has 1 unspecified atom stereocenters. The van der Waals surface area contributed by atoms with E-state index in [1.807, 2.05) is 27.7 Å². The van der Waals surface area contributed by atoms with Crippen LogP contribution in [0.15, 0.2) is 0 Å². The van der Waals surface area contributed by atoms with Crippen molar-refractivity contribution in [2.45, 2.75) is 46.1 Å². The van der Waals surface area contributed by atoms with Gasteiger partial charge in [-0.1, -0.05) is 13.8 Å². The van der Waals surface area contributed by atoms with Crippen LogP contribution in [0.25, 0.3) is 0 Å². The Hall–Kier alpha value is -0.570. The number of carboxylic acids is 1. The first-order valence-electron chi connectivity index (χ1n) is 5.08. The van der Waals surface area contributed by atoms with Crippen molar-refractivity contribution in [1.82, 2.24) is 0 Å². The van der Waals surface area contributed by atoms with Gasteiger partial charge >= 0.3 is 5.97 Å². The number of hydrogen-bond acceptors (Lipinski definition) is 2. The lowest BCUT2D eigenvalue weighted by Gasteiger charge is -2.25. The number of aliphatic carboxylic acids is 1. The first kappa shape index (κ1) is 13.4. The zero-order chi connectivity index (χ0) is 11.4. The molecule has 0 rings (SSSR count). The Kier molecular flexibility index (Phi) is 5.13. The van der Waals surface area contributed by atoms with Crippen LogP contribution in [0.3, 0.4) is 0 Å². The number of methoxy groups -OCH3 is 1. The summed E-state index contributed by atoms with van der Waals surface area (Å²) in [6.45, 7) is 7.84. The minimum Gasteiger partial charge on any atom is -0.481 e. The normalized spacial score (nSPS) is 14.4. The molecule has 0 aliphatic heterocycles. The van der Waals surface area contributed by atoms with Crippen molar-refractivity contribution in [2.24, 2.45) is 11.8 Å². The van der Waals surface area contributed by atoms with Crippen molar-refractivity contribution in [1.29, 1.82) is 0 Å². The first-order chi connectivity index (χ1) is 6.30. The summed E-state index contributed by atoms with van der Waals surface area (Å²) in [7, 11) is 1.66. The first-order valence-corrected chi connectivity index (χ1v) is 5.08. The highest BCUT2D eigenvalue weighted by Crippen LogP contribution is 2.23. The van der Waals surface area contributed by atoms with Crippen LogP contribution in [0, 0.1) is 11.8 Å². The second-order valence-electron chi connectivity index (χ2n) is 4.69. The fourth-order valence-electron chi connectivity index (χ4n) is 1.35. The van der Waals surface area contributed by atoms with E-state index >= 15 is 0 Å². The molecule has 0 aromatic rings. The molecule has 0 spiro atoms.